The van der Waals surface area contributed by atoms with Crippen molar-refractivity contribution in [1.82, 2.24) is 10.2 Å². The van der Waals surface area contributed by atoms with Crippen LogP contribution in [0.1, 0.15) is 28.8 Å². The second kappa shape index (κ2) is 9.45. The maximum absolute atomic E-state index is 12.5. The fourth-order valence-electron chi connectivity index (χ4n) is 2.93. The van der Waals surface area contributed by atoms with Gasteiger partial charge in [-0.25, -0.2) is 8.42 Å². The molecule has 0 radical (unpaired) electrons. The van der Waals surface area contributed by atoms with Crippen LogP contribution in [0.3, 0.4) is 0 Å². The number of likely N-dealkylation sites (tertiary alicyclic amines) is 1. The second-order valence-electron chi connectivity index (χ2n) is 6.08. The Morgan fingerprint density at radius 2 is 1.96 bits per heavy atom. The Hall–Kier alpha value is -1.25. The number of hydrogen-bond donors (Lipinski definition) is 1. The number of nitrogens with zero attached hydrogens (tertiary/aromatic N) is 1. The third kappa shape index (κ3) is 5.90. The van der Waals surface area contributed by atoms with Crippen LogP contribution in [0, 0.1) is 5.92 Å². The fourth-order valence-corrected chi connectivity index (χ4v) is 3.71. The number of benzene rings is 1. The molecule has 0 aliphatic carbocycles. The van der Waals surface area contributed by atoms with Gasteiger partial charge in [0.15, 0.2) is 0 Å². The average molecular weight is 397 g/mol. The molecule has 1 aromatic rings. The number of amides is 1. The molecule has 1 saturated heterocycles. The van der Waals surface area contributed by atoms with Gasteiger partial charge in [0.05, 0.1) is 5.75 Å². The standard InChI is InChI=1S/C16H22F2N2O3S.ClH/c1-19-9-13-3-2-8-20(10-13)15(21)14-6-4-12(5-7-14)11-24(22,23)16(17)18;/h4-7,13,16,19H,2-3,8-11H2,1H3;1H. The molecule has 142 valence electrons. The van der Waals surface area contributed by atoms with E-state index in [2.05, 4.69) is 5.32 Å². The first kappa shape index (κ1) is 21.8. The van der Waals surface area contributed by atoms with Crippen molar-refractivity contribution < 1.29 is 22.0 Å². The lowest BCUT2D eigenvalue weighted by Crippen LogP contribution is -2.42. The van der Waals surface area contributed by atoms with E-state index in [4.69, 9.17) is 0 Å². The van der Waals surface area contributed by atoms with Crippen molar-refractivity contribution in [2.75, 3.05) is 26.7 Å². The predicted molar refractivity (Wildman–Crippen MR) is 94.9 cm³/mol. The van der Waals surface area contributed by atoms with Crippen LogP contribution in [0.2, 0.25) is 0 Å². The molecule has 0 spiro atoms. The van der Waals surface area contributed by atoms with Gasteiger partial charge in [-0.1, -0.05) is 12.1 Å². The highest BCUT2D eigenvalue weighted by Gasteiger charge is 2.26. The van der Waals surface area contributed by atoms with Gasteiger partial charge in [0.1, 0.15) is 0 Å². The van der Waals surface area contributed by atoms with E-state index >= 15 is 0 Å². The van der Waals surface area contributed by atoms with E-state index in [1.165, 1.54) is 24.3 Å². The molecule has 2 rings (SSSR count). The molecule has 1 amide bonds. The summed E-state index contributed by atoms with van der Waals surface area (Å²) in [6.45, 7) is 2.23. The lowest BCUT2D eigenvalue weighted by Gasteiger charge is -2.32. The maximum Gasteiger partial charge on any atom is 0.337 e. The zero-order chi connectivity index (χ0) is 17.7. The van der Waals surface area contributed by atoms with Gasteiger partial charge in [-0.15, -0.1) is 12.4 Å². The van der Waals surface area contributed by atoms with Crippen LogP contribution in [0.4, 0.5) is 8.78 Å². The Morgan fingerprint density at radius 3 is 2.52 bits per heavy atom. The first-order valence-corrected chi connectivity index (χ1v) is 9.57. The minimum Gasteiger partial charge on any atom is -0.338 e. The fraction of sp³-hybridized carbons (Fsp3) is 0.562. The molecule has 9 heteroatoms. The largest absolute Gasteiger partial charge is 0.338 e. The summed E-state index contributed by atoms with van der Waals surface area (Å²) in [5, 5.41) is 3.12. The lowest BCUT2D eigenvalue weighted by molar-refractivity contribution is 0.0674. The van der Waals surface area contributed by atoms with Crippen molar-refractivity contribution in [2.24, 2.45) is 5.92 Å². The van der Waals surface area contributed by atoms with Gasteiger partial charge < -0.3 is 10.2 Å². The maximum atomic E-state index is 12.5. The van der Waals surface area contributed by atoms with Crippen LogP contribution in [-0.4, -0.2) is 51.7 Å². The summed E-state index contributed by atoms with van der Waals surface area (Å²) < 4.78 is 47.3. The van der Waals surface area contributed by atoms with Gasteiger partial charge >= 0.3 is 5.76 Å². The Morgan fingerprint density at radius 1 is 1.32 bits per heavy atom. The molecule has 1 atom stereocenters. The van der Waals surface area contributed by atoms with Crippen LogP contribution >= 0.6 is 12.4 Å². The summed E-state index contributed by atoms with van der Waals surface area (Å²) >= 11 is 0. The number of halogens is 3. The molecule has 1 fully saturated rings. The van der Waals surface area contributed by atoms with E-state index in [1.54, 1.807) is 4.90 Å². The zero-order valence-corrected chi connectivity index (χ0v) is 15.6. The van der Waals surface area contributed by atoms with Gasteiger partial charge in [0, 0.05) is 18.7 Å². The molecule has 1 unspecified atom stereocenters. The third-order valence-corrected chi connectivity index (χ3v) is 5.42. The summed E-state index contributed by atoms with van der Waals surface area (Å²) in [6.07, 6.45) is 2.03. The zero-order valence-electron chi connectivity index (χ0n) is 14.0. The quantitative estimate of drug-likeness (QED) is 0.801. The van der Waals surface area contributed by atoms with Crippen molar-refractivity contribution >= 4 is 28.2 Å². The molecule has 1 N–H and O–H groups in total. The number of nitrogens with one attached hydrogen (secondary N) is 1. The van der Waals surface area contributed by atoms with E-state index in [9.17, 15) is 22.0 Å². The van der Waals surface area contributed by atoms with Gasteiger partial charge in [0.25, 0.3) is 5.91 Å². The number of sulfone groups is 1. The summed E-state index contributed by atoms with van der Waals surface area (Å²) in [7, 11) is -2.57. The molecule has 0 aromatic heterocycles. The number of rotatable bonds is 6. The number of alkyl halides is 2. The molecule has 1 aromatic carbocycles. The molecule has 5 nitrogen and oxygen atoms in total. The minimum absolute atomic E-state index is 0. The summed E-state index contributed by atoms with van der Waals surface area (Å²) in [6, 6.07) is 5.84. The third-order valence-electron chi connectivity index (χ3n) is 4.14. The van der Waals surface area contributed by atoms with E-state index in [0.29, 0.717) is 24.6 Å². The molecule has 0 bridgehead atoms. The second-order valence-corrected chi connectivity index (χ2v) is 8.05. The summed E-state index contributed by atoms with van der Waals surface area (Å²) in [5.74, 6) is -3.81. The molecular formula is C16H23ClF2N2O3S. The summed E-state index contributed by atoms with van der Waals surface area (Å²) in [4.78, 5) is 14.3. The molecule has 1 heterocycles. The highest BCUT2D eigenvalue weighted by molar-refractivity contribution is 7.90. The van der Waals surface area contributed by atoms with Crippen molar-refractivity contribution in [3.05, 3.63) is 35.4 Å². The molecule has 0 saturated carbocycles. The smallest absolute Gasteiger partial charge is 0.337 e. The van der Waals surface area contributed by atoms with E-state index in [1.807, 2.05) is 7.05 Å². The average Bonchev–Trinajstić information content (AvgIpc) is 2.55. The molecule has 25 heavy (non-hydrogen) atoms. The Kier molecular flexibility index (Phi) is 8.24. The minimum atomic E-state index is -4.45. The number of carbonyl (C=O) groups is 1. The van der Waals surface area contributed by atoms with Crippen LogP contribution < -0.4 is 5.32 Å². The van der Waals surface area contributed by atoms with Gasteiger partial charge in [-0.05, 0) is 50.0 Å². The van der Waals surface area contributed by atoms with Crippen LogP contribution in [0.5, 0.6) is 0 Å². The van der Waals surface area contributed by atoms with Crippen molar-refractivity contribution in [3.8, 4) is 0 Å². The normalized spacial score (nSPS) is 18.1. The lowest BCUT2D eigenvalue weighted by atomic mass is 9.97. The Bertz CT molecular complexity index is 666. The van der Waals surface area contributed by atoms with Crippen LogP contribution in [-0.2, 0) is 15.6 Å². The van der Waals surface area contributed by atoms with Crippen molar-refractivity contribution in [2.45, 2.75) is 24.4 Å². The van der Waals surface area contributed by atoms with Gasteiger partial charge in [-0.3, -0.25) is 4.79 Å². The van der Waals surface area contributed by atoms with Crippen molar-refractivity contribution in [3.63, 3.8) is 0 Å². The predicted octanol–water partition coefficient (Wildman–Crippen LogP) is 2.32. The van der Waals surface area contributed by atoms with Gasteiger partial charge in [0.2, 0.25) is 9.84 Å². The van der Waals surface area contributed by atoms with Crippen molar-refractivity contribution in [1.29, 1.82) is 0 Å². The topological polar surface area (TPSA) is 66.5 Å². The first-order chi connectivity index (χ1) is 11.3. The number of carbonyl (C=O) groups excluding carboxylic acids is 1. The first-order valence-electron chi connectivity index (χ1n) is 7.86. The monoisotopic (exact) mass is 396 g/mol. The summed E-state index contributed by atoms with van der Waals surface area (Å²) in [5.41, 5.74) is 0.692. The van der Waals surface area contributed by atoms with E-state index in [0.717, 1.165) is 19.4 Å². The number of hydrogen-bond acceptors (Lipinski definition) is 4. The highest BCUT2D eigenvalue weighted by atomic mass is 35.5. The SMILES string of the molecule is CNCC1CCCN(C(=O)c2ccc(CS(=O)(=O)C(F)F)cc2)C1.Cl. The van der Waals surface area contributed by atoms with Crippen LogP contribution in [0.25, 0.3) is 0 Å². The molecular weight excluding hydrogens is 374 g/mol. The van der Waals surface area contributed by atoms with Gasteiger partial charge in [-0.2, -0.15) is 8.78 Å². The van der Waals surface area contributed by atoms with Crippen LogP contribution in [0.15, 0.2) is 24.3 Å². The Balaban J connectivity index is 0.00000312. The highest BCUT2D eigenvalue weighted by Crippen LogP contribution is 2.19. The van der Waals surface area contributed by atoms with E-state index in [-0.39, 0.29) is 23.9 Å². The van der Waals surface area contributed by atoms with E-state index < -0.39 is 21.3 Å². The Labute approximate surface area is 153 Å². The molecule has 1 aliphatic rings. The number of piperidine rings is 1. The molecule has 1 aliphatic heterocycles.